The maximum Gasteiger partial charge on any atom is 0.472 e. The third kappa shape index (κ3) is 53.7. The van der Waals surface area contributed by atoms with Crippen molar-refractivity contribution in [3.8, 4) is 0 Å². The van der Waals surface area contributed by atoms with Crippen LogP contribution in [0.5, 0.6) is 0 Å². The number of aliphatic hydroxyl groups is 1. The number of aliphatic hydroxyl groups excluding tert-OH is 1. The summed E-state index contributed by atoms with van der Waals surface area (Å²) >= 11 is 0. The van der Waals surface area contributed by atoms with Gasteiger partial charge in [-0.15, -0.1) is 0 Å². The van der Waals surface area contributed by atoms with Gasteiger partial charge in [-0.25, -0.2) is 4.57 Å². The second-order valence-electron chi connectivity index (χ2n) is 17.6. The van der Waals surface area contributed by atoms with Crippen molar-refractivity contribution in [3.63, 3.8) is 0 Å². The molecular weight excluding hydrogens is 976 g/mol. The Balaban J connectivity index is 4.95. The zero-order valence-corrected chi connectivity index (χ0v) is 47.5. The molecule has 0 heterocycles. The maximum absolute atomic E-state index is 12.9. The van der Waals surface area contributed by atoms with Gasteiger partial charge >= 0.3 is 25.7 Å². The van der Waals surface area contributed by atoms with Gasteiger partial charge in [0.05, 0.1) is 19.8 Å². The molecule has 0 saturated heterocycles. The van der Waals surface area contributed by atoms with Gasteiger partial charge in [0.25, 0.3) is 0 Å². The molecule has 3 unspecified atom stereocenters. The van der Waals surface area contributed by atoms with Crippen LogP contribution in [-0.2, 0) is 42.2 Å². The summed E-state index contributed by atoms with van der Waals surface area (Å²) < 4.78 is 39.3. The summed E-state index contributed by atoms with van der Waals surface area (Å²) in [7, 11) is -4.80. The smallest absolute Gasteiger partial charge is 0.462 e. The molecule has 0 amide bonds. The highest BCUT2D eigenvalue weighted by Gasteiger charge is 2.28. The molecule has 3 atom stereocenters. The molecule has 0 saturated carbocycles. The fraction of sp³-hybridized carbons (Fsp3) is 0.516. The number of phosphoric acid groups is 1. The molecule has 0 aliphatic carbocycles. The number of ether oxygens (including phenoxy) is 3. The molecule has 12 heteroatoms. The number of rotatable bonds is 49. The van der Waals surface area contributed by atoms with Crippen molar-refractivity contribution in [2.24, 2.45) is 0 Å². The normalized spacial score (nSPS) is 14.6. The van der Waals surface area contributed by atoms with E-state index in [0.717, 1.165) is 103 Å². The van der Waals surface area contributed by atoms with Crippen LogP contribution in [0.4, 0.5) is 0 Å². The minimum absolute atomic E-state index is 0.0206. The number of hydrogen-bond donors (Lipinski definition) is 2. The van der Waals surface area contributed by atoms with Gasteiger partial charge in [-0.05, 0) is 128 Å². The second kappa shape index (κ2) is 56.1. The lowest BCUT2D eigenvalue weighted by molar-refractivity contribution is -0.161. The molecule has 0 aromatic heterocycles. The van der Waals surface area contributed by atoms with Crippen LogP contribution >= 0.6 is 7.82 Å². The number of esters is 3. The van der Waals surface area contributed by atoms with Crippen LogP contribution < -0.4 is 0 Å². The Hall–Kier alpha value is -5.16. The first kappa shape index (κ1) is 70.8. The van der Waals surface area contributed by atoms with Crippen LogP contribution in [-0.4, -0.2) is 66.5 Å². The van der Waals surface area contributed by atoms with E-state index in [1.54, 1.807) is 0 Å². The number of allylic oxidation sites excluding steroid dienone is 28. The zero-order chi connectivity index (χ0) is 55.5. The summed E-state index contributed by atoms with van der Waals surface area (Å²) in [6.07, 6.45) is 74.9. The predicted octanol–water partition coefficient (Wildman–Crippen LogP) is 16.7. The topological polar surface area (TPSA) is 155 Å². The van der Waals surface area contributed by atoms with Gasteiger partial charge in [0.2, 0.25) is 0 Å². The molecule has 2 N–H and O–H groups in total. The molecule has 0 radical (unpaired) electrons. The highest BCUT2D eigenvalue weighted by Crippen LogP contribution is 2.43. The first-order valence-corrected chi connectivity index (χ1v) is 29.5. The predicted molar refractivity (Wildman–Crippen MR) is 315 cm³/mol. The summed E-state index contributed by atoms with van der Waals surface area (Å²) in [5.41, 5.74) is 0. The van der Waals surface area contributed by atoms with Crippen LogP contribution in [0.25, 0.3) is 0 Å². The number of hydrogen-bond acceptors (Lipinski definition) is 10. The van der Waals surface area contributed by atoms with Gasteiger partial charge in [0.1, 0.15) is 12.7 Å². The lowest BCUT2D eigenvalue weighted by Gasteiger charge is -2.21. The molecule has 0 aromatic carbocycles. The van der Waals surface area contributed by atoms with Gasteiger partial charge < -0.3 is 24.2 Å². The third-order valence-electron chi connectivity index (χ3n) is 10.6. The average Bonchev–Trinajstić information content (AvgIpc) is 3.41. The molecule has 0 bridgehead atoms. The fourth-order valence-corrected chi connectivity index (χ4v) is 7.27. The summed E-state index contributed by atoms with van der Waals surface area (Å²) in [5.74, 6) is -1.69. The fourth-order valence-electron chi connectivity index (χ4n) is 6.49. The van der Waals surface area contributed by atoms with Gasteiger partial charge in [-0.3, -0.25) is 23.4 Å². The minimum Gasteiger partial charge on any atom is -0.462 e. The number of phosphoric ester groups is 1. The van der Waals surface area contributed by atoms with E-state index < -0.39 is 64.4 Å². The molecule has 0 aromatic rings. The van der Waals surface area contributed by atoms with Crippen LogP contribution in [0.3, 0.4) is 0 Å². The maximum atomic E-state index is 12.9. The van der Waals surface area contributed by atoms with Crippen LogP contribution in [0.1, 0.15) is 175 Å². The van der Waals surface area contributed by atoms with E-state index in [9.17, 15) is 28.9 Å². The van der Waals surface area contributed by atoms with Crippen molar-refractivity contribution in [1.82, 2.24) is 0 Å². The third-order valence-corrected chi connectivity index (χ3v) is 11.6. The molecule has 76 heavy (non-hydrogen) atoms. The Morgan fingerprint density at radius 2 is 0.684 bits per heavy atom. The van der Waals surface area contributed by atoms with Gasteiger partial charge in [0, 0.05) is 19.3 Å². The van der Waals surface area contributed by atoms with Crippen LogP contribution in [0.15, 0.2) is 170 Å². The Morgan fingerprint density at radius 3 is 1.08 bits per heavy atom. The molecule has 0 fully saturated rings. The second-order valence-corrected chi connectivity index (χ2v) is 19.1. The average molecular weight is 1070 g/mol. The number of carbonyl (C=O) groups is 3. The van der Waals surface area contributed by atoms with Crippen molar-refractivity contribution < 1.29 is 52.2 Å². The summed E-state index contributed by atoms with van der Waals surface area (Å²) in [4.78, 5) is 48.4. The van der Waals surface area contributed by atoms with Crippen molar-refractivity contribution in [2.75, 3.05) is 26.4 Å². The zero-order valence-electron chi connectivity index (χ0n) is 46.6. The van der Waals surface area contributed by atoms with Crippen molar-refractivity contribution in [3.05, 3.63) is 170 Å². The van der Waals surface area contributed by atoms with Crippen molar-refractivity contribution in [1.29, 1.82) is 0 Å². The lowest BCUT2D eigenvalue weighted by Crippen LogP contribution is -2.30. The monoisotopic (exact) mass is 1070 g/mol. The quantitative estimate of drug-likeness (QED) is 0.0197. The first-order valence-electron chi connectivity index (χ1n) is 28.0. The minimum atomic E-state index is -4.80. The van der Waals surface area contributed by atoms with E-state index in [-0.39, 0.29) is 19.3 Å². The molecule has 0 aliphatic heterocycles. The summed E-state index contributed by atoms with van der Waals surface area (Å²) in [6.45, 7) is 4.07. The Bertz CT molecular complexity index is 1920. The largest absolute Gasteiger partial charge is 0.472 e. The van der Waals surface area contributed by atoms with Gasteiger partial charge in [-0.2, -0.15) is 0 Å². The standard InChI is InChI=1S/C64H97O11P/c1-4-7-10-13-16-19-22-25-27-29-30-32-34-37-40-43-46-49-52-55-64(68)75-61(57-71-62(66)53-50-47-44-41-38-35-24-21-18-15-12-9-6-3)59-73-76(69,70)72-58-60(56-65)74-63(67)54-51-48-45-42-39-36-33-31-28-26-23-20-17-14-11-8-5-2/h7-12,16-21,25-28,30,32-33,35-38,40,42,45-46,49,60-61,65H,4-6,13-15,22-24,29,31,34,39,41,43-44,47-48,50-59H2,1-3H3,(H,69,70)/b10-7-,11-8-,12-9-,19-16-,20-17-,21-18-,27-25-,28-26-,32-30-,36-33-,38-35-,40-37-,45-42-,49-46-. The highest BCUT2D eigenvalue weighted by molar-refractivity contribution is 7.47. The van der Waals surface area contributed by atoms with Crippen molar-refractivity contribution >= 4 is 25.7 Å². The molecule has 0 rings (SSSR count). The molecule has 424 valence electrons. The van der Waals surface area contributed by atoms with Crippen LogP contribution in [0, 0.1) is 0 Å². The molecule has 11 nitrogen and oxygen atoms in total. The van der Waals surface area contributed by atoms with E-state index in [4.69, 9.17) is 23.3 Å². The van der Waals surface area contributed by atoms with E-state index in [2.05, 4.69) is 167 Å². The molecular formula is C64H97O11P. The summed E-state index contributed by atoms with van der Waals surface area (Å²) in [5, 5.41) is 9.80. The molecule has 0 spiro atoms. The van der Waals surface area contributed by atoms with Gasteiger partial charge in [-0.1, -0.05) is 197 Å². The van der Waals surface area contributed by atoms with E-state index in [1.165, 1.54) is 0 Å². The van der Waals surface area contributed by atoms with Crippen LogP contribution in [0.2, 0.25) is 0 Å². The number of unbranched alkanes of at least 4 members (excludes halogenated alkanes) is 4. The van der Waals surface area contributed by atoms with E-state index >= 15 is 0 Å². The van der Waals surface area contributed by atoms with E-state index in [1.807, 2.05) is 24.3 Å². The first-order chi connectivity index (χ1) is 37.2. The number of carbonyl (C=O) groups excluding carboxylic acids is 3. The Kier molecular flexibility index (Phi) is 52.2. The van der Waals surface area contributed by atoms with E-state index in [0.29, 0.717) is 32.1 Å². The highest BCUT2D eigenvalue weighted by atomic mass is 31.2. The Morgan fingerprint density at radius 1 is 0.368 bits per heavy atom. The Labute approximate surface area is 459 Å². The summed E-state index contributed by atoms with van der Waals surface area (Å²) in [6, 6.07) is 0. The lowest BCUT2D eigenvalue weighted by atomic mass is 10.1. The SMILES string of the molecule is CC/C=C\C/C=C\C/C=C\C/C=C\C/C=C\C/C=C\CCC(=O)OC(COC(=O)CCCCC/C=C\C/C=C\C/C=C\CC)COP(=O)(O)OCC(CO)OC(=O)CCC/C=C\C/C=C\C/C=C\C/C=C\C/C=C\CC. The van der Waals surface area contributed by atoms with Crippen molar-refractivity contribution in [2.45, 2.75) is 187 Å². The molecule has 0 aliphatic rings. The van der Waals surface area contributed by atoms with Gasteiger partial charge in [0.15, 0.2) is 6.10 Å².